The van der Waals surface area contributed by atoms with Gasteiger partial charge in [0.25, 0.3) is 0 Å². The molecular formula is C12H15N3O. The zero-order valence-corrected chi connectivity index (χ0v) is 9.47. The molecule has 2 N–H and O–H groups in total. The summed E-state index contributed by atoms with van der Waals surface area (Å²) in [4.78, 5) is 4.17. The number of benzene rings is 1. The van der Waals surface area contributed by atoms with Gasteiger partial charge >= 0.3 is 0 Å². The predicted octanol–water partition coefficient (Wildman–Crippen LogP) is 1.93. The Morgan fingerprint density at radius 3 is 2.50 bits per heavy atom. The molecule has 16 heavy (non-hydrogen) atoms. The normalized spacial score (nSPS) is 12.7. The molecular weight excluding hydrogens is 202 g/mol. The van der Waals surface area contributed by atoms with E-state index in [2.05, 4.69) is 10.1 Å². The minimum Gasteiger partial charge on any atom is -0.339 e. The van der Waals surface area contributed by atoms with E-state index in [1.165, 1.54) is 5.56 Å². The fraction of sp³-hybridized carbons (Fsp3) is 0.333. The van der Waals surface area contributed by atoms with Crippen molar-refractivity contribution in [2.45, 2.75) is 26.3 Å². The molecule has 0 amide bonds. The highest BCUT2D eigenvalue weighted by molar-refractivity contribution is 5.54. The zero-order valence-electron chi connectivity index (χ0n) is 9.47. The van der Waals surface area contributed by atoms with Gasteiger partial charge in [0.1, 0.15) is 0 Å². The van der Waals surface area contributed by atoms with E-state index >= 15 is 0 Å². The molecule has 0 aliphatic rings. The molecule has 1 aromatic heterocycles. The smallest absolute Gasteiger partial charge is 0.223 e. The lowest BCUT2D eigenvalue weighted by Gasteiger charge is -2.04. The van der Waals surface area contributed by atoms with Crippen LogP contribution in [0.2, 0.25) is 0 Å². The molecule has 2 aromatic rings. The van der Waals surface area contributed by atoms with Gasteiger partial charge in [-0.05, 0) is 18.9 Å². The summed E-state index contributed by atoms with van der Waals surface area (Å²) in [6, 6.07) is 8.25. The second-order valence-electron chi connectivity index (χ2n) is 4.02. The highest BCUT2D eigenvalue weighted by Crippen LogP contribution is 2.16. The van der Waals surface area contributed by atoms with Crippen molar-refractivity contribution in [3.63, 3.8) is 0 Å². The average molecular weight is 217 g/mol. The third-order valence-electron chi connectivity index (χ3n) is 2.30. The quantitative estimate of drug-likeness (QED) is 0.853. The van der Waals surface area contributed by atoms with Crippen LogP contribution >= 0.6 is 0 Å². The Morgan fingerprint density at radius 2 is 2.00 bits per heavy atom. The average Bonchev–Trinajstić information content (AvgIpc) is 2.65. The van der Waals surface area contributed by atoms with Crippen LogP contribution in [-0.4, -0.2) is 16.2 Å². The van der Waals surface area contributed by atoms with E-state index in [-0.39, 0.29) is 6.04 Å². The van der Waals surface area contributed by atoms with Crippen molar-refractivity contribution >= 4 is 0 Å². The maximum absolute atomic E-state index is 5.74. The number of hydrogen-bond donors (Lipinski definition) is 1. The summed E-state index contributed by atoms with van der Waals surface area (Å²) in [5, 5.41) is 3.87. The van der Waals surface area contributed by atoms with Gasteiger partial charge in [-0.2, -0.15) is 4.98 Å². The number of nitrogens with zero attached hydrogens (tertiary/aromatic N) is 2. The number of nitrogens with two attached hydrogens (primary N) is 1. The molecule has 1 unspecified atom stereocenters. The molecule has 0 fully saturated rings. The molecule has 1 atom stereocenters. The Bertz CT molecular complexity index is 459. The van der Waals surface area contributed by atoms with Crippen LogP contribution in [-0.2, 0) is 6.42 Å². The molecule has 4 heteroatoms. The van der Waals surface area contributed by atoms with Crippen LogP contribution in [0.5, 0.6) is 0 Å². The lowest BCUT2D eigenvalue weighted by molar-refractivity contribution is 0.394. The van der Waals surface area contributed by atoms with E-state index in [0.717, 1.165) is 12.0 Å². The van der Waals surface area contributed by atoms with Gasteiger partial charge in [-0.25, -0.2) is 0 Å². The second-order valence-corrected chi connectivity index (χ2v) is 4.02. The maximum atomic E-state index is 5.74. The van der Waals surface area contributed by atoms with E-state index in [0.29, 0.717) is 11.7 Å². The fourth-order valence-electron chi connectivity index (χ4n) is 1.58. The molecule has 0 aliphatic carbocycles. The molecule has 0 radical (unpaired) electrons. The molecule has 4 nitrogen and oxygen atoms in total. The van der Waals surface area contributed by atoms with Crippen molar-refractivity contribution in [1.29, 1.82) is 0 Å². The van der Waals surface area contributed by atoms with Crippen molar-refractivity contribution in [1.82, 2.24) is 10.1 Å². The van der Waals surface area contributed by atoms with Gasteiger partial charge in [-0.1, -0.05) is 29.4 Å². The van der Waals surface area contributed by atoms with Gasteiger partial charge in [0.15, 0.2) is 0 Å². The number of aryl methyl sites for hydroxylation is 1. The minimum atomic E-state index is 0.179. The van der Waals surface area contributed by atoms with Crippen molar-refractivity contribution in [2.75, 3.05) is 0 Å². The van der Waals surface area contributed by atoms with Gasteiger partial charge in [-0.3, -0.25) is 0 Å². The maximum Gasteiger partial charge on any atom is 0.223 e. The number of aromatic nitrogens is 2. The van der Waals surface area contributed by atoms with Crippen LogP contribution in [0, 0.1) is 6.92 Å². The van der Waals surface area contributed by atoms with Gasteiger partial charge in [0.2, 0.25) is 11.7 Å². The van der Waals surface area contributed by atoms with E-state index in [4.69, 9.17) is 10.3 Å². The summed E-state index contributed by atoms with van der Waals surface area (Å²) >= 11 is 0. The van der Waals surface area contributed by atoms with E-state index in [1.807, 2.05) is 31.2 Å². The fourth-order valence-corrected chi connectivity index (χ4v) is 1.58. The SMILES string of the molecule is Cc1nc(-c2ccc(CC(C)N)cc2)no1. The summed E-state index contributed by atoms with van der Waals surface area (Å²) in [5.74, 6) is 1.21. The Labute approximate surface area is 94.5 Å². The van der Waals surface area contributed by atoms with Crippen molar-refractivity contribution in [3.8, 4) is 11.4 Å². The Morgan fingerprint density at radius 1 is 1.31 bits per heavy atom. The zero-order chi connectivity index (χ0) is 11.5. The van der Waals surface area contributed by atoms with Gasteiger partial charge in [0, 0.05) is 18.5 Å². The predicted molar refractivity (Wildman–Crippen MR) is 61.8 cm³/mol. The van der Waals surface area contributed by atoms with Gasteiger partial charge in [0.05, 0.1) is 0 Å². The van der Waals surface area contributed by atoms with E-state index < -0.39 is 0 Å². The Hall–Kier alpha value is -1.68. The van der Waals surface area contributed by atoms with Crippen LogP contribution < -0.4 is 5.73 Å². The molecule has 2 rings (SSSR count). The van der Waals surface area contributed by atoms with Crippen LogP contribution in [0.3, 0.4) is 0 Å². The van der Waals surface area contributed by atoms with Crippen molar-refractivity contribution in [2.24, 2.45) is 5.73 Å². The molecule has 0 aliphatic heterocycles. The first-order valence-electron chi connectivity index (χ1n) is 5.30. The third kappa shape index (κ3) is 2.46. The summed E-state index contributed by atoms with van der Waals surface area (Å²) < 4.78 is 4.93. The van der Waals surface area contributed by atoms with E-state index in [1.54, 1.807) is 6.92 Å². The first kappa shape index (κ1) is 10.8. The first-order chi connectivity index (χ1) is 7.65. The molecule has 0 bridgehead atoms. The van der Waals surface area contributed by atoms with Gasteiger partial charge in [-0.15, -0.1) is 0 Å². The standard InChI is InChI=1S/C12H15N3O/c1-8(13)7-10-3-5-11(6-4-10)12-14-9(2)16-15-12/h3-6,8H,7,13H2,1-2H3. The minimum absolute atomic E-state index is 0.179. The molecule has 1 aromatic carbocycles. The summed E-state index contributed by atoms with van der Waals surface area (Å²) in [5.41, 5.74) is 7.92. The van der Waals surface area contributed by atoms with Crippen LogP contribution in [0.15, 0.2) is 28.8 Å². The highest BCUT2D eigenvalue weighted by Gasteiger charge is 2.05. The van der Waals surface area contributed by atoms with Gasteiger partial charge < -0.3 is 10.3 Å². The molecule has 1 heterocycles. The number of rotatable bonds is 3. The molecule has 84 valence electrons. The van der Waals surface area contributed by atoms with Crippen LogP contribution in [0.1, 0.15) is 18.4 Å². The third-order valence-corrected chi connectivity index (χ3v) is 2.30. The largest absolute Gasteiger partial charge is 0.339 e. The summed E-state index contributed by atoms with van der Waals surface area (Å²) in [6.45, 7) is 3.78. The Balaban J connectivity index is 2.19. The summed E-state index contributed by atoms with van der Waals surface area (Å²) in [6.07, 6.45) is 0.881. The monoisotopic (exact) mass is 217 g/mol. The van der Waals surface area contributed by atoms with Crippen molar-refractivity contribution in [3.05, 3.63) is 35.7 Å². The topological polar surface area (TPSA) is 64.9 Å². The molecule has 0 spiro atoms. The van der Waals surface area contributed by atoms with Crippen molar-refractivity contribution < 1.29 is 4.52 Å². The molecule has 0 saturated carbocycles. The lowest BCUT2D eigenvalue weighted by atomic mass is 10.1. The first-order valence-corrected chi connectivity index (χ1v) is 5.30. The second kappa shape index (κ2) is 4.45. The number of hydrogen-bond acceptors (Lipinski definition) is 4. The highest BCUT2D eigenvalue weighted by atomic mass is 16.5. The van der Waals surface area contributed by atoms with Crippen LogP contribution in [0.25, 0.3) is 11.4 Å². The van der Waals surface area contributed by atoms with E-state index in [9.17, 15) is 0 Å². The lowest BCUT2D eigenvalue weighted by Crippen LogP contribution is -2.17. The Kier molecular flexibility index (Phi) is 3.01. The molecule has 0 saturated heterocycles. The summed E-state index contributed by atoms with van der Waals surface area (Å²) in [7, 11) is 0. The van der Waals surface area contributed by atoms with Crippen LogP contribution in [0.4, 0.5) is 0 Å².